The van der Waals surface area contributed by atoms with Crippen LogP contribution in [0, 0.1) is 11.3 Å². The third kappa shape index (κ3) is 3.71. The van der Waals surface area contributed by atoms with Crippen molar-refractivity contribution < 1.29 is 9.47 Å². The fourth-order valence-corrected chi connectivity index (χ4v) is 2.00. The average Bonchev–Trinajstić information content (AvgIpc) is 2.52. The van der Waals surface area contributed by atoms with Gasteiger partial charge in [-0.3, -0.25) is 4.98 Å². The number of rotatable bonds is 5. The van der Waals surface area contributed by atoms with Crippen LogP contribution in [0.3, 0.4) is 0 Å². The lowest BCUT2D eigenvalue weighted by atomic mass is 10.1. The Kier molecular flexibility index (Phi) is 4.75. The molecule has 2 atom stereocenters. The summed E-state index contributed by atoms with van der Waals surface area (Å²) in [5.41, 5.74) is 7.42. The molecule has 21 heavy (non-hydrogen) atoms. The molecule has 1 heterocycles. The fraction of sp³-hybridized carbons (Fsp3) is 0.250. The SMILES string of the molecule is COc1cc(C#N)cc(OC(c2ccncc2)C(C)N)c1. The van der Waals surface area contributed by atoms with Crippen molar-refractivity contribution in [2.75, 3.05) is 7.11 Å². The van der Waals surface area contributed by atoms with E-state index in [1.165, 1.54) is 0 Å². The number of nitrogens with two attached hydrogens (primary N) is 1. The van der Waals surface area contributed by atoms with Gasteiger partial charge in [-0.05, 0) is 36.8 Å². The van der Waals surface area contributed by atoms with Gasteiger partial charge in [-0.25, -0.2) is 0 Å². The maximum absolute atomic E-state index is 9.05. The van der Waals surface area contributed by atoms with E-state index >= 15 is 0 Å². The number of nitriles is 1. The van der Waals surface area contributed by atoms with Gasteiger partial charge in [-0.1, -0.05) is 0 Å². The monoisotopic (exact) mass is 283 g/mol. The van der Waals surface area contributed by atoms with Gasteiger partial charge < -0.3 is 15.2 Å². The van der Waals surface area contributed by atoms with Crippen LogP contribution in [0.5, 0.6) is 11.5 Å². The molecule has 0 aliphatic rings. The quantitative estimate of drug-likeness (QED) is 0.911. The van der Waals surface area contributed by atoms with E-state index < -0.39 is 0 Å². The Bertz CT molecular complexity index is 636. The lowest BCUT2D eigenvalue weighted by Crippen LogP contribution is -2.29. The van der Waals surface area contributed by atoms with Gasteiger partial charge in [0.25, 0.3) is 0 Å². The number of ether oxygens (including phenoxy) is 2. The van der Waals surface area contributed by atoms with E-state index in [2.05, 4.69) is 11.1 Å². The van der Waals surface area contributed by atoms with Gasteiger partial charge >= 0.3 is 0 Å². The molecule has 0 fully saturated rings. The Morgan fingerprint density at radius 3 is 2.43 bits per heavy atom. The number of aromatic nitrogens is 1. The summed E-state index contributed by atoms with van der Waals surface area (Å²) in [5, 5.41) is 9.05. The van der Waals surface area contributed by atoms with Gasteiger partial charge in [0.2, 0.25) is 0 Å². The van der Waals surface area contributed by atoms with Crippen LogP contribution in [0.15, 0.2) is 42.7 Å². The molecule has 0 radical (unpaired) electrons. The third-order valence-electron chi connectivity index (χ3n) is 3.02. The smallest absolute Gasteiger partial charge is 0.139 e. The Morgan fingerprint density at radius 1 is 1.19 bits per heavy atom. The van der Waals surface area contributed by atoms with Crippen LogP contribution in [-0.2, 0) is 0 Å². The normalized spacial score (nSPS) is 13.0. The summed E-state index contributed by atoms with van der Waals surface area (Å²) in [7, 11) is 1.55. The number of hydrogen-bond donors (Lipinski definition) is 1. The van der Waals surface area contributed by atoms with E-state index in [4.69, 9.17) is 20.5 Å². The van der Waals surface area contributed by atoms with Crippen LogP contribution >= 0.6 is 0 Å². The van der Waals surface area contributed by atoms with Crippen molar-refractivity contribution in [1.29, 1.82) is 5.26 Å². The second-order valence-electron chi connectivity index (χ2n) is 4.69. The van der Waals surface area contributed by atoms with E-state index in [1.54, 1.807) is 37.7 Å². The largest absolute Gasteiger partial charge is 0.497 e. The van der Waals surface area contributed by atoms with E-state index in [-0.39, 0.29) is 12.1 Å². The number of methoxy groups -OCH3 is 1. The first-order chi connectivity index (χ1) is 10.1. The summed E-state index contributed by atoms with van der Waals surface area (Å²) in [4.78, 5) is 3.99. The molecule has 2 unspecified atom stereocenters. The van der Waals surface area contributed by atoms with Crippen LogP contribution < -0.4 is 15.2 Å². The van der Waals surface area contributed by atoms with Gasteiger partial charge in [0.1, 0.15) is 17.6 Å². The summed E-state index contributed by atoms with van der Waals surface area (Å²) in [6, 6.07) is 10.6. The molecule has 2 N–H and O–H groups in total. The lowest BCUT2D eigenvalue weighted by Gasteiger charge is -2.23. The fourth-order valence-electron chi connectivity index (χ4n) is 2.00. The van der Waals surface area contributed by atoms with E-state index in [0.717, 1.165) is 5.56 Å². The van der Waals surface area contributed by atoms with Gasteiger partial charge in [-0.2, -0.15) is 5.26 Å². The maximum atomic E-state index is 9.05. The molecule has 2 rings (SSSR count). The molecule has 0 spiro atoms. The zero-order valence-electron chi connectivity index (χ0n) is 12.0. The molecular weight excluding hydrogens is 266 g/mol. The highest BCUT2D eigenvalue weighted by Crippen LogP contribution is 2.28. The number of pyridine rings is 1. The molecule has 0 amide bonds. The molecule has 0 bridgehead atoms. The van der Waals surface area contributed by atoms with Crippen molar-refractivity contribution in [1.82, 2.24) is 4.98 Å². The van der Waals surface area contributed by atoms with E-state index in [1.807, 2.05) is 19.1 Å². The zero-order chi connectivity index (χ0) is 15.2. The minimum Gasteiger partial charge on any atom is -0.497 e. The zero-order valence-corrected chi connectivity index (χ0v) is 12.0. The van der Waals surface area contributed by atoms with Crippen molar-refractivity contribution in [3.05, 3.63) is 53.9 Å². The number of benzene rings is 1. The van der Waals surface area contributed by atoms with Gasteiger partial charge in [-0.15, -0.1) is 0 Å². The highest BCUT2D eigenvalue weighted by atomic mass is 16.5. The van der Waals surface area contributed by atoms with Gasteiger partial charge in [0.05, 0.1) is 18.7 Å². The standard InChI is InChI=1S/C16H17N3O2/c1-11(18)16(13-3-5-19-6-4-13)21-15-8-12(10-17)7-14(9-15)20-2/h3-9,11,16H,18H2,1-2H3. The van der Waals surface area contributed by atoms with Crippen LogP contribution in [0.2, 0.25) is 0 Å². The molecule has 1 aromatic heterocycles. The molecule has 1 aromatic carbocycles. The van der Waals surface area contributed by atoms with Crippen molar-refractivity contribution >= 4 is 0 Å². The van der Waals surface area contributed by atoms with Gasteiger partial charge in [0, 0.05) is 24.5 Å². The first kappa shape index (κ1) is 14.8. The van der Waals surface area contributed by atoms with Crippen molar-refractivity contribution in [2.45, 2.75) is 19.1 Å². The van der Waals surface area contributed by atoms with Crippen molar-refractivity contribution in [3.8, 4) is 17.6 Å². The first-order valence-electron chi connectivity index (χ1n) is 6.55. The topological polar surface area (TPSA) is 81.2 Å². The van der Waals surface area contributed by atoms with E-state index in [0.29, 0.717) is 17.1 Å². The van der Waals surface area contributed by atoms with Crippen LogP contribution in [0.25, 0.3) is 0 Å². The number of nitrogens with zero attached hydrogens (tertiary/aromatic N) is 2. The minimum atomic E-state index is -0.327. The predicted molar refractivity (Wildman–Crippen MR) is 79.0 cm³/mol. The molecule has 0 aliphatic heterocycles. The summed E-state index contributed by atoms with van der Waals surface area (Å²) in [5.74, 6) is 1.12. The Balaban J connectivity index is 2.32. The third-order valence-corrected chi connectivity index (χ3v) is 3.02. The summed E-state index contributed by atoms with van der Waals surface area (Å²) in [6.45, 7) is 1.87. The Labute approximate surface area is 123 Å². The summed E-state index contributed by atoms with van der Waals surface area (Å²) < 4.78 is 11.1. The Morgan fingerprint density at radius 2 is 1.86 bits per heavy atom. The Hall–Kier alpha value is -2.58. The molecule has 0 saturated heterocycles. The summed E-state index contributed by atoms with van der Waals surface area (Å²) >= 11 is 0. The highest BCUT2D eigenvalue weighted by Gasteiger charge is 2.18. The van der Waals surface area contributed by atoms with Crippen LogP contribution in [0.1, 0.15) is 24.2 Å². The lowest BCUT2D eigenvalue weighted by molar-refractivity contribution is 0.179. The van der Waals surface area contributed by atoms with Crippen LogP contribution in [-0.4, -0.2) is 18.1 Å². The van der Waals surface area contributed by atoms with E-state index in [9.17, 15) is 0 Å². The number of hydrogen-bond acceptors (Lipinski definition) is 5. The minimum absolute atomic E-state index is 0.218. The molecule has 5 heteroatoms. The second kappa shape index (κ2) is 6.73. The maximum Gasteiger partial charge on any atom is 0.139 e. The predicted octanol–water partition coefficient (Wildman–Crippen LogP) is 2.43. The van der Waals surface area contributed by atoms with Crippen molar-refractivity contribution in [2.24, 2.45) is 5.73 Å². The van der Waals surface area contributed by atoms with Crippen molar-refractivity contribution in [3.63, 3.8) is 0 Å². The highest BCUT2D eigenvalue weighted by molar-refractivity contribution is 5.44. The van der Waals surface area contributed by atoms with Gasteiger partial charge in [0.15, 0.2) is 0 Å². The first-order valence-corrected chi connectivity index (χ1v) is 6.55. The molecular formula is C16H17N3O2. The molecule has 0 aliphatic carbocycles. The second-order valence-corrected chi connectivity index (χ2v) is 4.69. The average molecular weight is 283 g/mol. The van der Waals surface area contributed by atoms with Crippen LogP contribution in [0.4, 0.5) is 0 Å². The molecule has 2 aromatic rings. The molecule has 108 valence electrons. The summed E-state index contributed by atoms with van der Waals surface area (Å²) in [6.07, 6.45) is 3.06. The molecule has 5 nitrogen and oxygen atoms in total. The molecule has 0 saturated carbocycles.